The Balaban J connectivity index is 3.65. The van der Waals surface area contributed by atoms with Crippen LogP contribution in [0, 0.1) is 5.41 Å². The topological polar surface area (TPSA) is 111 Å². The van der Waals surface area contributed by atoms with Crippen LogP contribution in [-0.4, -0.2) is 49.4 Å². The molecule has 0 aliphatic rings. The van der Waals surface area contributed by atoms with Crippen molar-refractivity contribution in [3.05, 3.63) is 72.9 Å². The SMILES string of the molecule is CC/C=C\C/C=C\C/C=C\C/C=C\C/C=C\C/C=C\CCC(=O)NCCNC(=O)CN(C)C(=N)N. The predicted octanol–water partition coefficient (Wildman–Crippen LogP) is 4.52. The molecule has 0 bridgehead atoms. The van der Waals surface area contributed by atoms with Gasteiger partial charge in [-0.25, -0.2) is 0 Å². The molecule has 0 saturated heterocycles. The van der Waals surface area contributed by atoms with E-state index in [1.165, 1.54) is 4.90 Å². The van der Waals surface area contributed by atoms with E-state index >= 15 is 0 Å². The molecular formula is C28H45N5O2. The Hall–Kier alpha value is -3.35. The summed E-state index contributed by atoms with van der Waals surface area (Å²) >= 11 is 0. The third kappa shape index (κ3) is 23.6. The Labute approximate surface area is 212 Å². The van der Waals surface area contributed by atoms with Crippen LogP contribution >= 0.6 is 0 Å². The summed E-state index contributed by atoms with van der Waals surface area (Å²) in [6.07, 6.45) is 32.8. The van der Waals surface area contributed by atoms with E-state index < -0.39 is 0 Å². The maximum Gasteiger partial charge on any atom is 0.239 e. The smallest absolute Gasteiger partial charge is 0.239 e. The van der Waals surface area contributed by atoms with Crippen molar-refractivity contribution < 1.29 is 9.59 Å². The quantitative estimate of drug-likeness (QED) is 0.0936. The largest absolute Gasteiger partial charge is 0.370 e. The molecule has 0 radical (unpaired) electrons. The van der Waals surface area contributed by atoms with Gasteiger partial charge in [0.1, 0.15) is 0 Å². The number of nitrogens with zero attached hydrogens (tertiary/aromatic N) is 1. The molecule has 0 saturated carbocycles. The summed E-state index contributed by atoms with van der Waals surface area (Å²) in [7, 11) is 1.57. The fraction of sp³-hybridized carbons (Fsp3) is 0.464. The average Bonchev–Trinajstić information content (AvgIpc) is 2.83. The normalized spacial score (nSPS) is 12.2. The molecule has 7 nitrogen and oxygen atoms in total. The Morgan fingerprint density at radius 1 is 0.714 bits per heavy atom. The molecule has 0 fully saturated rings. The van der Waals surface area contributed by atoms with Crippen molar-refractivity contribution in [2.24, 2.45) is 5.73 Å². The maximum absolute atomic E-state index is 11.8. The minimum atomic E-state index is -0.241. The van der Waals surface area contributed by atoms with Crippen LogP contribution in [0.25, 0.3) is 0 Å². The molecule has 5 N–H and O–H groups in total. The highest BCUT2D eigenvalue weighted by atomic mass is 16.2. The zero-order valence-corrected chi connectivity index (χ0v) is 21.5. The Morgan fingerprint density at radius 2 is 1.11 bits per heavy atom. The number of allylic oxidation sites excluding steroid dienone is 12. The van der Waals surface area contributed by atoms with E-state index in [2.05, 4.69) is 84.4 Å². The summed E-state index contributed by atoms with van der Waals surface area (Å²) in [4.78, 5) is 24.7. The second kappa shape index (κ2) is 23.8. The van der Waals surface area contributed by atoms with E-state index in [1.54, 1.807) is 7.05 Å². The maximum atomic E-state index is 11.8. The minimum absolute atomic E-state index is 0.0198. The van der Waals surface area contributed by atoms with Crippen molar-refractivity contribution in [3.63, 3.8) is 0 Å². The van der Waals surface area contributed by atoms with E-state index in [4.69, 9.17) is 11.1 Å². The van der Waals surface area contributed by atoms with E-state index in [-0.39, 0.29) is 24.3 Å². The highest BCUT2D eigenvalue weighted by Gasteiger charge is 2.06. The van der Waals surface area contributed by atoms with Gasteiger partial charge in [-0.1, -0.05) is 79.8 Å². The van der Waals surface area contributed by atoms with Crippen LogP contribution in [0.2, 0.25) is 0 Å². The van der Waals surface area contributed by atoms with Crippen molar-refractivity contribution in [2.45, 2.75) is 58.3 Å². The van der Waals surface area contributed by atoms with Gasteiger partial charge >= 0.3 is 0 Å². The number of nitrogens with two attached hydrogens (primary N) is 1. The van der Waals surface area contributed by atoms with E-state index in [9.17, 15) is 9.59 Å². The van der Waals surface area contributed by atoms with Gasteiger partial charge in [0.2, 0.25) is 11.8 Å². The third-order valence-electron chi connectivity index (χ3n) is 4.70. The molecule has 0 aromatic rings. The zero-order chi connectivity index (χ0) is 26.0. The number of amides is 2. The standard InChI is InChI=1S/C28H45N5O2/c1-3-4-5-6-7-8-9-10-11-12-13-14-15-16-17-18-19-20-21-22-26(34)31-23-24-32-27(35)25-33(2)28(29)30/h4-5,7-8,10-11,13-14,16-17,19-20H,3,6,9,12,15,18,21-25H2,1-2H3,(H3,29,30)(H,31,34)(H,32,35)/b5-4-,8-7-,11-10-,14-13-,17-16-,20-19-. The lowest BCUT2D eigenvalue weighted by Gasteiger charge is -2.15. The monoisotopic (exact) mass is 483 g/mol. The molecule has 0 aromatic carbocycles. The number of rotatable bonds is 19. The van der Waals surface area contributed by atoms with Crippen LogP contribution in [0.3, 0.4) is 0 Å². The van der Waals surface area contributed by atoms with Crippen molar-refractivity contribution in [1.29, 1.82) is 5.41 Å². The van der Waals surface area contributed by atoms with Gasteiger partial charge in [0.05, 0.1) is 6.54 Å². The Kier molecular flexibility index (Phi) is 21.5. The summed E-state index contributed by atoms with van der Waals surface area (Å²) in [6.45, 7) is 2.88. The van der Waals surface area contributed by atoms with Crippen molar-refractivity contribution in [2.75, 3.05) is 26.7 Å². The van der Waals surface area contributed by atoms with Crippen LogP contribution < -0.4 is 16.4 Å². The number of guanidine groups is 1. The van der Waals surface area contributed by atoms with E-state index in [0.717, 1.165) is 38.5 Å². The molecule has 0 aromatic heterocycles. The van der Waals surface area contributed by atoms with Crippen molar-refractivity contribution in [3.8, 4) is 0 Å². The summed E-state index contributed by atoms with van der Waals surface area (Å²) in [5, 5.41) is 12.7. The number of carbonyl (C=O) groups excluding carboxylic acids is 2. The minimum Gasteiger partial charge on any atom is -0.370 e. The van der Waals surface area contributed by atoms with Crippen LogP contribution in [0.1, 0.15) is 58.3 Å². The Morgan fingerprint density at radius 3 is 1.54 bits per heavy atom. The molecule has 0 aliphatic heterocycles. The number of nitrogens with one attached hydrogen (secondary N) is 3. The lowest BCUT2D eigenvalue weighted by Crippen LogP contribution is -2.43. The molecular weight excluding hydrogens is 438 g/mol. The lowest BCUT2D eigenvalue weighted by atomic mass is 10.2. The van der Waals surface area contributed by atoms with Gasteiger partial charge in [-0.05, 0) is 44.9 Å². The number of carbonyl (C=O) groups is 2. The van der Waals surface area contributed by atoms with Crippen molar-refractivity contribution in [1.82, 2.24) is 15.5 Å². The molecule has 2 amide bonds. The van der Waals surface area contributed by atoms with Gasteiger partial charge < -0.3 is 21.3 Å². The van der Waals surface area contributed by atoms with Gasteiger partial charge in [0, 0.05) is 26.6 Å². The predicted molar refractivity (Wildman–Crippen MR) is 148 cm³/mol. The molecule has 0 unspecified atom stereocenters. The fourth-order valence-corrected chi connectivity index (χ4v) is 2.70. The number of hydrogen-bond donors (Lipinski definition) is 4. The van der Waals surface area contributed by atoms with Crippen LogP contribution in [0.5, 0.6) is 0 Å². The van der Waals surface area contributed by atoms with Gasteiger partial charge in [-0.15, -0.1) is 0 Å². The fourth-order valence-electron chi connectivity index (χ4n) is 2.70. The van der Waals surface area contributed by atoms with Crippen molar-refractivity contribution >= 4 is 17.8 Å². The number of likely N-dealkylation sites (N-methyl/N-ethyl adjacent to an activating group) is 1. The lowest BCUT2D eigenvalue weighted by molar-refractivity contribution is -0.123. The van der Waals surface area contributed by atoms with Crippen LogP contribution in [0.15, 0.2) is 72.9 Å². The van der Waals surface area contributed by atoms with Gasteiger partial charge in [-0.3, -0.25) is 15.0 Å². The molecule has 194 valence electrons. The first-order chi connectivity index (χ1) is 17.0. The third-order valence-corrected chi connectivity index (χ3v) is 4.70. The highest BCUT2D eigenvalue weighted by Crippen LogP contribution is 1.97. The molecule has 0 atom stereocenters. The summed E-state index contributed by atoms with van der Waals surface area (Å²) in [6, 6.07) is 0. The molecule has 7 heteroatoms. The first-order valence-corrected chi connectivity index (χ1v) is 12.5. The zero-order valence-electron chi connectivity index (χ0n) is 21.5. The Bertz CT molecular complexity index is 763. The second-order valence-electron chi connectivity index (χ2n) is 7.90. The molecule has 35 heavy (non-hydrogen) atoms. The number of hydrogen-bond acceptors (Lipinski definition) is 3. The molecule has 0 rings (SSSR count). The van der Waals surface area contributed by atoms with Crippen LogP contribution in [0.4, 0.5) is 0 Å². The first-order valence-electron chi connectivity index (χ1n) is 12.5. The summed E-state index contributed by atoms with van der Waals surface area (Å²) in [5.74, 6) is -0.447. The van der Waals surface area contributed by atoms with Gasteiger partial charge in [-0.2, -0.15) is 0 Å². The summed E-state index contributed by atoms with van der Waals surface area (Å²) < 4.78 is 0. The van der Waals surface area contributed by atoms with Gasteiger partial charge in [0.25, 0.3) is 0 Å². The molecule has 0 heterocycles. The summed E-state index contributed by atoms with van der Waals surface area (Å²) in [5.41, 5.74) is 5.28. The van der Waals surface area contributed by atoms with Gasteiger partial charge in [0.15, 0.2) is 5.96 Å². The second-order valence-corrected chi connectivity index (χ2v) is 7.90. The molecule has 0 spiro atoms. The molecule has 0 aliphatic carbocycles. The van der Waals surface area contributed by atoms with E-state index in [1.807, 2.05) is 6.08 Å². The average molecular weight is 484 g/mol. The highest BCUT2D eigenvalue weighted by molar-refractivity contribution is 5.84. The van der Waals surface area contributed by atoms with E-state index in [0.29, 0.717) is 25.9 Å². The first kappa shape index (κ1) is 31.6. The van der Waals surface area contributed by atoms with Crippen LogP contribution in [-0.2, 0) is 9.59 Å².